The van der Waals surface area contributed by atoms with E-state index in [-0.39, 0.29) is 23.3 Å². The van der Waals surface area contributed by atoms with Gasteiger partial charge in [-0.2, -0.15) is 0 Å². The van der Waals surface area contributed by atoms with E-state index in [2.05, 4.69) is 55.6 Å². The van der Waals surface area contributed by atoms with E-state index in [9.17, 15) is 9.59 Å². The summed E-state index contributed by atoms with van der Waals surface area (Å²) in [5.74, 6) is 1.74. The van der Waals surface area contributed by atoms with Crippen molar-refractivity contribution >= 4 is 44.5 Å². The molecule has 0 aromatic rings. The van der Waals surface area contributed by atoms with Gasteiger partial charge in [0.2, 0.25) is 0 Å². The molecule has 1 atom stereocenters. The maximum absolute atomic E-state index is 11.8. The van der Waals surface area contributed by atoms with Crippen molar-refractivity contribution in [2.75, 3.05) is 19.0 Å². The Morgan fingerprint density at radius 1 is 0.906 bits per heavy atom. The third-order valence-electron chi connectivity index (χ3n) is 4.93. The van der Waals surface area contributed by atoms with Crippen LogP contribution < -0.4 is 0 Å². The van der Waals surface area contributed by atoms with Crippen molar-refractivity contribution in [3.05, 3.63) is 0 Å². The second kappa shape index (κ2) is 19.2. The lowest BCUT2D eigenvalue weighted by molar-refractivity contribution is -0.154. The first kappa shape index (κ1) is 36.4. The molecule has 0 amide bonds. The summed E-state index contributed by atoms with van der Waals surface area (Å²) < 4.78 is 16.6. The smallest absolute Gasteiger partial charge is 0.311 e. The fourth-order valence-corrected chi connectivity index (χ4v) is 10.5. The highest BCUT2D eigenvalue weighted by Gasteiger charge is 2.30. The van der Waals surface area contributed by atoms with Crippen LogP contribution in [0.2, 0.25) is 38.8 Å². The molecule has 0 spiro atoms. The molecule has 194 valence electrons. The number of unbranched alkanes of at least 4 members (excludes halogenated alkanes) is 1. The summed E-state index contributed by atoms with van der Waals surface area (Å²) in [5.41, 5.74) is -0.359. The van der Waals surface area contributed by atoms with Crippen LogP contribution in [0.1, 0.15) is 73.6 Å². The highest BCUT2D eigenvalue weighted by Crippen LogP contribution is 2.23. The quantitative estimate of drug-likeness (QED) is 0.100. The summed E-state index contributed by atoms with van der Waals surface area (Å²) >= 11 is 2.94. The number of ether oxygens (including phenoxy) is 2. The maximum Gasteiger partial charge on any atom is 0.311 e. The minimum absolute atomic E-state index is 0.0547. The third kappa shape index (κ3) is 21.6. The SMILES string of the molecule is CBr.CCC(C)(C)C(=O)OCCC[Si](C)(C)O[Si](C)(C)C.CCCCOC(=O)C(C)CC. The van der Waals surface area contributed by atoms with Gasteiger partial charge in [-0.1, -0.05) is 50.0 Å². The second-order valence-electron chi connectivity index (χ2n) is 10.3. The van der Waals surface area contributed by atoms with E-state index < -0.39 is 16.6 Å². The highest BCUT2D eigenvalue weighted by atomic mass is 79.9. The topological polar surface area (TPSA) is 61.8 Å². The zero-order chi connectivity index (χ0) is 26.0. The third-order valence-corrected chi connectivity index (χ3v) is 11.1. The minimum Gasteiger partial charge on any atom is -0.465 e. The zero-order valence-corrected chi connectivity index (χ0v) is 26.7. The Kier molecular flexibility index (Phi) is 21.8. The molecule has 0 aliphatic carbocycles. The predicted octanol–water partition coefficient (Wildman–Crippen LogP) is 7.80. The molecule has 5 nitrogen and oxygen atoms in total. The normalized spacial score (nSPS) is 12.5. The molecule has 0 bridgehead atoms. The van der Waals surface area contributed by atoms with Gasteiger partial charge in [0.25, 0.3) is 0 Å². The van der Waals surface area contributed by atoms with E-state index in [0.717, 1.165) is 38.1 Å². The van der Waals surface area contributed by atoms with E-state index in [1.165, 1.54) is 0 Å². The van der Waals surface area contributed by atoms with Crippen molar-refractivity contribution in [2.24, 2.45) is 11.3 Å². The van der Waals surface area contributed by atoms with Crippen LogP contribution in [0.3, 0.4) is 0 Å². The molecule has 0 saturated carbocycles. The van der Waals surface area contributed by atoms with Crippen molar-refractivity contribution in [2.45, 2.75) is 112 Å². The Morgan fingerprint density at radius 3 is 1.81 bits per heavy atom. The Labute approximate surface area is 210 Å². The number of esters is 2. The van der Waals surface area contributed by atoms with Gasteiger partial charge in [-0.25, -0.2) is 0 Å². The first-order chi connectivity index (χ1) is 14.6. The molecule has 0 heterocycles. The van der Waals surface area contributed by atoms with Crippen molar-refractivity contribution in [3.63, 3.8) is 0 Å². The number of halogens is 1. The number of hydrogen-bond acceptors (Lipinski definition) is 5. The molecule has 1 unspecified atom stereocenters. The summed E-state index contributed by atoms with van der Waals surface area (Å²) in [6.07, 6.45) is 4.64. The van der Waals surface area contributed by atoms with Gasteiger partial charge < -0.3 is 13.6 Å². The van der Waals surface area contributed by atoms with Gasteiger partial charge in [0.15, 0.2) is 16.6 Å². The van der Waals surface area contributed by atoms with Crippen molar-refractivity contribution in [1.82, 2.24) is 0 Å². The highest BCUT2D eigenvalue weighted by molar-refractivity contribution is 9.08. The molecular weight excluding hydrogens is 504 g/mol. The maximum atomic E-state index is 11.8. The van der Waals surface area contributed by atoms with E-state index in [1.54, 1.807) is 0 Å². The Morgan fingerprint density at radius 2 is 1.41 bits per heavy atom. The fraction of sp³-hybridized carbons (Fsp3) is 0.917. The molecule has 8 heteroatoms. The Balaban J connectivity index is -0.000000549. The predicted molar refractivity (Wildman–Crippen MR) is 147 cm³/mol. The van der Waals surface area contributed by atoms with Crippen molar-refractivity contribution in [3.8, 4) is 0 Å². The van der Waals surface area contributed by atoms with Crippen LogP contribution in [0.25, 0.3) is 0 Å². The average Bonchev–Trinajstić information content (AvgIpc) is 2.70. The monoisotopic (exact) mass is 556 g/mol. The van der Waals surface area contributed by atoms with Crippen LogP contribution in [0, 0.1) is 11.3 Å². The Bertz CT molecular complexity index is 491. The number of carbonyl (C=O) groups is 2. The van der Waals surface area contributed by atoms with E-state index in [4.69, 9.17) is 13.6 Å². The first-order valence-corrected chi connectivity index (χ1v) is 20.1. The zero-order valence-electron chi connectivity index (χ0n) is 23.2. The van der Waals surface area contributed by atoms with E-state index >= 15 is 0 Å². The molecule has 32 heavy (non-hydrogen) atoms. The van der Waals surface area contributed by atoms with Crippen LogP contribution in [0.5, 0.6) is 0 Å². The number of rotatable bonds is 13. The lowest BCUT2D eigenvalue weighted by Crippen LogP contribution is -2.42. The van der Waals surface area contributed by atoms with Crippen LogP contribution in [-0.4, -0.2) is 47.6 Å². The van der Waals surface area contributed by atoms with Crippen LogP contribution in [0.4, 0.5) is 0 Å². The van der Waals surface area contributed by atoms with Crippen molar-refractivity contribution in [1.29, 1.82) is 0 Å². The molecule has 0 aliphatic rings. The number of hydrogen-bond donors (Lipinski definition) is 0. The van der Waals surface area contributed by atoms with Gasteiger partial charge >= 0.3 is 11.9 Å². The van der Waals surface area contributed by atoms with Crippen LogP contribution in [-0.2, 0) is 23.2 Å². The van der Waals surface area contributed by atoms with E-state index in [1.807, 2.05) is 40.5 Å². The summed E-state index contributed by atoms with van der Waals surface area (Å²) in [7, 11) is -3.05. The van der Waals surface area contributed by atoms with Gasteiger partial charge in [0.1, 0.15) is 0 Å². The van der Waals surface area contributed by atoms with Gasteiger partial charge in [0.05, 0.1) is 24.5 Å². The number of carbonyl (C=O) groups excluding carboxylic acids is 2. The largest absolute Gasteiger partial charge is 0.465 e. The second-order valence-corrected chi connectivity index (χ2v) is 19.3. The summed E-state index contributed by atoms with van der Waals surface area (Å²) in [6.45, 7) is 24.1. The molecule has 0 aromatic heterocycles. The Hall–Kier alpha value is -0.186. The van der Waals surface area contributed by atoms with Crippen molar-refractivity contribution < 1.29 is 23.2 Å². The summed E-state index contributed by atoms with van der Waals surface area (Å²) in [4.78, 5) is 22.8. The fourth-order valence-electron chi connectivity index (χ4n) is 2.51. The van der Waals surface area contributed by atoms with Gasteiger partial charge in [-0.05, 0) is 84.1 Å². The summed E-state index contributed by atoms with van der Waals surface area (Å²) in [6, 6.07) is 1.05. The molecule has 0 rings (SSSR count). The van der Waals surface area contributed by atoms with Crippen LogP contribution in [0.15, 0.2) is 0 Å². The van der Waals surface area contributed by atoms with Gasteiger partial charge in [-0.3, -0.25) is 9.59 Å². The molecule has 0 aliphatic heterocycles. The van der Waals surface area contributed by atoms with Crippen LogP contribution >= 0.6 is 15.9 Å². The lowest BCUT2D eigenvalue weighted by atomic mass is 9.91. The minimum atomic E-state index is -1.59. The first-order valence-electron chi connectivity index (χ1n) is 12.0. The molecule has 0 aromatic carbocycles. The van der Waals surface area contributed by atoms with E-state index in [0.29, 0.717) is 13.2 Å². The molecule has 0 radical (unpaired) electrons. The van der Waals surface area contributed by atoms with Gasteiger partial charge in [-0.15, -0.1) is 0 Å². The lowest BCUT2D eigenvalue weighted by Gasteiger charge is -2.31. The molecule has 0 N–H and O–H groups in total. The standard InChI is InChI=1S/C14H32O3Si2.C9H18O2.CH3Br/c1-9-14(2,3)13(15)16-11-10-12-19(7,8)17-18(4,5)6;1-4-6-7-11-9(10)8(3)5-2;1-2/h9-12H2,1-8H3;8H,4-7H2,1-3H3;1H3. The summed E-state index contributed by atoms with van der Waals surface area (Å²) in [5, 5.41) is 0. The molecular formula is C24H53BrO5Si2. The molecule has 0 fully saturated rings. The molecule has 0 saturated heterocycles. The van der Waals surface area contributed by atoms with Gasteiger partial charge in [0, 0.05) is 0 Å². The number of alkyl halides is 1. The average molecular weight is 558 g/mol.